The molecule has 1 saturated heterocycles. The first-order chi connectivity index (χ1) is 10.6. The number of nitrogens with one attached hydrogen (secondary N) is 1. The SMILES string of the molecule is Cc1ccccc1-n1c(C)nn(C[NH+]2CCC[C@@H](O)C2)c1=S. The van der Waals surface area contributed by atoms with Gasteiger partial charge >= 0.3 is 0 Å². The van der Waals surface area contributed by atoms with Gasteiger partial charge < -0.3 is 10.0 Å². The Labute approximate surface area is 135 Å². The predicted octanol–water partition coefficient (Wildman–Crippen LogP) is 1.02. The van der Waals surface area contributed by atoms with Crippen molar-refractivity contribution in [3.8, 4) is 5.69 Å². The van der Waals surface area contributed by atoms with Crippen LogP contribution in [0.15, 0.2) is 24.3 Å². The Kier molecular flexibility index (Phi) is 4.42. The molecular weight excluding hydrogens is 296 g/mol. The van der Waals surface area contributed by atoms with Crippen LogP contribution < -0.4 is 4.90 Å². The first kappa shape index (κ1) is 15.4. The number of quaternary nitrogens is 1. The minimum absolute atomic E-state index is 0.197. The second-order valence-electron chi connectivity index (χ2n) is 6.11. The minimum atomic E-state index is -0.197. The number of nitrogens with zero attached hydrogens (tertiary/aromatic N) is 3. The summed E-state index contributed by atoms with van der Waals surface area (Å²) in [7, 11) is 0. The summed E-state index contributed by atoms with van der Waals surface area (Å²) < 4.78 is 4.65. The van der Waals surface area contributed by atoms with Crippen LogP contribution in [-0.4, -0.2) is 38.6 Å². The lowest BCUT2D eigenvalue weighted by atomic mass is 10.1. The van der Waals surface area contributed by atoms with Gasteiger partial charge in [-0.2, -0.15) is 9.78 Å². The molecule has 2 aromatic rings. The Hall–Kier alpha value is -1.50. The van der Waals surface area contributed by atoms with E-state index >= 15 is 0 Å². The summed E-state index contributed by atoms with van der Waals surface area (Å²) >= 11 is 5.64. The van der Waals surface area contributed by atoms with Gasteiger partial charge in [0.2, 0.25) is 4.77 Å². The lowest BCUT2D eigenvalue weighted by Gasteiger charge is -2.26. The normalized spacial score (nSPS) is 22.0. The summed E-state index contributed by atoms with van der Waals surface area (Å²) in [4.78, 5) is 1.34. The second-order valence-corrected chi connectivity index (χ2v) is 6.47. The fourth-order valence-electron chi connectivity index (χ4n) is 3.19. The topological polar surface area (TPSA) is 47.4 Å². The van der Waals surface area contributed by atoms with Crippen LogP contribution in [-0.2, 0) is 6.67 Å². The van der Waals surface area contributed by atoms with E-state index in [4.69, 9.17) is 12.2 Å². The number of aliphatic hydroxyl groups excluding tert-OH is 1. The lowest BCUT2D eigenvalue weighted by molar-refractivity contribution is -0.931. The van der Waals surface area contributed by atoms with Crippen molar-refractivity contribution < 1.29 is 10.0 Å². The van der Waals surface area contributed by atoms with Crippen molar-refractivity contribution in [2.24, 2.45) is 0 Å². The third-order valence-electron chi connectivity index (χ3n) is 4.32. The molecule has 3 rings (SSSR count). The number of aliphatic hydroxyl groups is 1. The largest absolute Gasteiger partial charge is 0.387 e. The zero-order valence-corrected chi connectivity index (χ0v) is 13.9. The zero-order valence-electron chi connectivity index (χ0n) is 13.1. The third-order valence-corrected chi connectivity index (χ3v) is 4.72. The monoisotopic (exact) mass is 319 g/mol. The van der Waals surface area contributed by atoms with Crippen LogP contribution in [0.3, 0.4) is 0 Å². The van der Waals surface area contributed by atoms with Crippen LogP contribution in [0.1, 0.15) is 24.2 Å². The van der Waals surface area contributed by atoms with Crippen LogP contribution in [0, 0.1) is 18.6 Å². The molecule has 1 aromatic heterocycles. The Bertz CT molecular complexity index is 721. The van der Waals surface area contributed by atoms with Crippen LogP contribution in [0.4, 0.5) is 0 Å². The number of rotatable bonds is 3. The number of para-hydroxylation sites is 1. The average Bonchev–Trinajstić information content (AvgIpc) is 2.74. The Morgan fingerprint density at radius 1 is 1.36 bits per heavy atom. The molecule has 0 amide bonds. The summed E-state index contributed by atoms with van der Waals surface area (Å²) in [5.74, 6) is 0.899. The van der Waals surface area contributed by atoms with Crippen LogP contribution in [0.5, 0.6) is 0 Å². The molecule has 1 fully saturated rings. The van der Waals surface area contributed by atoms with Crippen LogP contribution >= 0.6 is 12.2 Å². The summed E-state index contributed by atoms with van der Waals surface area (Å²) in [5, 5.41) is 14.4. The molecule has 2 atom stereocenters. The Morgan fingerprint density at radius 2 is 2.14 bits per heavy atom. The van der Waals surface area contributed by atoms with Crippen LogP contribution in [0.25, 0.3) is 5.69 Å². The van der Waals surface area contributed by atoms with Gasteiger partial charge in [0.05, 0.1) is 12.2 Å². The number of likely N-dealkylation sites (tertiary alicyclic amines) is 1. The molecule has 1 aliphatic heterocycles. The first-order valence-corrected chi connectivity index (χ1v) is 8.21. The molecule has 0 aliphatic carbocycles. The molecule has 1 aromatic carbocycles. The molecule has 0 bridgehead atoms. The fraction of sp³-hybridized carbons (Fsp3) is 0.500. The highest BCUT2D eigenvalue weighted by Crippen LogP contribution is 2.16. The van der Waals surface area contributed by atoms with E-state index in [9.17, 15) is 5.11 Å². The van der Waals surface area contributed by atoms with Gasteiger partial charge in [0.15, 0.2) is 6.67 Å². The Balaban J connectivity index is 1.91. The van der Waals surface area contributed by atoms with E-state index < -0.39 is 0 Å². The standard InChI is InChI=1S/C16H22N4OS/c1-12-6-3-4-8-15(12)20-13(2)17-19(16(20)22)11-18-9-5-7-14(21)10-18/h3-4,6,8,14,21H,5,7,9-11H2,1-2H3/p+1/t14-/m1/s1. The van der Waals surface area contributed by atoms with Gasteiger partial charge in [-0.3, -0.25) is 4.57 Å². The summed E-state index contributed by atoms with van der Waals surface area (Å²) in [5.41, 5.74) is 2.27. The number of benzene rings is 1. The molecular formula is C16H23N4OS+. The maximum atomic E-state index is 9.82. The molecule has 118 valence electrons. The fourth-order valence-corrected chi connectivity index (χ4v) is 3.53. The number of hydrogen-bond donors (Lipinski definition) is 2. The number of aryl methyl sites for hydroxylation is 2. The molecule has 1 aliphatic rings. The Morgan fingerprint density at radius 3 is 2.86 bits per heavy atom. The van der Waals surface area contributed by atoms with E-state index in [-0.39, 0.29) is 6.10 Å². The molecule has 1 unspecified atom stereocenters. The van der Waals surface area contributed by atoms with Gasteiger partial charge in [0.25, 0.3) is 0 Å². The highest BCUT2D eigenvalue weighted by molar-refractivity contribution is 7.71. The lowest BCUT2D eigenvalue weighted by Crippen LogP contribution is -3.13. The van der Waals surface area contributed by atoms with Crippen LogP contribution in [0.2, 0.25) is 0 Å². The quantitative estimate of drug-likeness (QED) is 0.831. The van der Waals surface area contributed by atoms with E-state index in [2.05, 4.69) is 24.2 Å². The van der Waals surface area contributed by atoms with E-state index in [0.717, 1.165) is 48.9 Å². The van der Waals surface area contributed by atoms with Crippen molar-refractivity contribution >= 4 is 12.2 Å². The van der Waals surface area contributed by atoms with Crippen molar-refractivity contribution in [1.82, 2.24) is 14.3 Å². The molecule has 2 heterocycles. The minimum Gasteiger partial charge on any atom is -0.387 e. The van der Waals surface area contributed by atoms with Crippen molar-refractivity contribution in [3.63, 3.8) is 0 Å². The molecule has 0 radical (unpaired) electrons. The molecule has 22 heavy (non-hydrogen) atoms. The summed E-state index contributed by atoms with van der Waals surface area (Å²) in [6, 6.07) is 8.20. The molecule has 2 N–H and O–H groups in total. The maximum Gasteiger partial charge on any atom is 0.207 e. The van der Waals surface area contributed by atoms with Crippen molar-refractivity contribution in [2.75, 3.05) is 13.1 Å². The smallest absolute Gasteiger partial charge is 0.207 e. The first-order valence-electron chi connectivity index (χ1n) is 7.80. The van der Waals surface area contributed by atoms with E-state index in [1.165, 1.54) is 10.5 Å². The maximum absolute atomic E-state index is 9.82. The number of aromatic nitrogens is 3. The number of piperidine rings is 1. The van der Waals surface area contributed by atoms with Crippen molar-refractivity contribution in [2.45, 2.75) is 39.5 Å². The predicted molar refractivity (Wildman–Crippen MR) is 87.8 cm³/mol. The zero-order chi connectivity index (χ0) is 15.7. The van der Waals surface area contributed by atoms with Crippen molar-refractivity contribution in [3.05, 3.63) is 40.4 Å². The van der Waals surface area contributed by atoms with Gasteiger partial charge in [-0.1, -0.05) is 18.2 Å². The van der Waals surface area contributed by atoms with Gasteiger partial charge in [0, 0.05) is 0 Å². The van der Waals surface area contributed by atoms with E-state index in [1.807, 2.05) is 28.3 Å². The molecule has 6 heteroatoms. The van der Waals surface area contributed by atoms with Gasteiger partial charge in [0.1, 0.15) is 18.5 Å². The van der Waals surface area contributed by atoms with E-state index in [0.29, 0.717) is 0 Å². The number of hydrogen-bond acceptors (Lipinski definition) is 3. The highest BCUT2D eigenvalue weighted by atomic mass is 32.1. The summed E-state index contributed by atoms with van der Waals surface area (Å²) in [6.45, 7) is 6.63. The molecule has 0 spiro atoms. The molecule has 0 saturated carbocycles. The second kappa shape index (κ2) is 6.32. The van der Waals surface area contributed by atoms with Gasteiger partial charge in [-0.15, -0.1) is 0 Å². The van der Waals surface area contributed by atoms with Crippen molar-refractivity contribution in [1.29, 1.82) is 0 Å². The molecule has 5 nitrogen and oxygen atoms in total. The van der Waals surface area contributed by atoms with Gasteiger partial charge in [-0.05, 0) is 50.5 Å². The highest BCUT2D eigenvalue weighted by Gasteiger charge is 2.22. The third kappa shape index (κ3) is 2.99. The average molecular weight is 319 g/mol. The van der Waals surface area contributed by atoms with Gasteiger partial charge in [-0.25, -0.2) is 0 Å². The van der Waals surface area contributed by atoms with E-state index in [1.54, 1.807) is 0 Å². The summed E-state index contributed by atoms with van der Waals surface area (Å²) in [6.07, 6.45) is 1.77.